The lowest BCUT2D eigenvalue weighted by atomic mass is 9.81. The van der Waals surface area contributed by atoms with E-state index in [-0.39, 0.29) is 23.9 Å². The first-order valence-corrected chi connectivity index (χ1v) is 6.79. The summed E-state index contributed by atoms with van der Waals surface area (Å²) in [6.07, 6.45) is 0. The van der Waals surface area contributed by atoms with Crippen LogP contribution in [0.2, 0.25) is 0 Å². The van der Waals surface area contributed by atoms with Gasteiger partial charge in [0.05, 0.1) is 0 Å². The largest absolute Gasteiger partial charge is 0.314 e. The van der Waals surface area contributed by atoms with Crippen LogP contribution in [0.5, 0.6) is 0 Å². The van der Waals surface area contributed by atoms with Crippen LogP contribution in [-0.4, -0.2) is 31.1 Å². The molecular weight excluding hydrogens is 282 g/mol. The molecule has 5 heteroatoms. The van der Waals surface area contributed by atoms with Crippen molar-refractivity contribution in [1.82, 2.24) is 10.2 Å². The zero-order chi connectivity index (χ0) is 14.0. The molecule has 2 nitrogen and oxygen atoms in total. The number of nitrogens with zero attached hydrogens (tertiary/aromatic N) is 1. The van der Waals surface area contributed by atoms with Gasteiger partial charge in [0, 0.05) is 32.2 Å². The normalized spacial score (nSPS) is 18.4. The molecule has 0 spiro atoms. The number of halogens is 3. The molecule has 1 N–H and O–H groups in total. The Morgan fingerprint density at radius 3 is 2.20 bits per heavy atom. The Labute approximate surface area is 126 Å². The highest BCUT2D eigenvalue weighted by Gasteiger charge is 2.32. The molecule has 20 heavy (non-hydrogen) atoms. The standard InChI is InChI=1S/C15H22F2N2.ClH/c1-15(2,3)14(19-8-6-18-7-9-19)11-4-5-12(16)13(17)10-11;/h4-5,10,14,18H,6-9H2,1-3H3;1H/t14-;/m1./s1. The molecule has 1 aromatic rings. The van der Waals surface area contributed by atoms with Crippen LogP contribution < -0.4 is 5.32 Å². The number of hydrogen-bond acceptors (Lipinski definition) is 2. The van der Waals surface area contributed by atoms with Gasteiger partial charge in [-0.05, 0) is 23.1 Å². The summed E-state index contributed by atoms with van der Waals surface area (Å²) in [4.78, 5) is 2.35. The SMILES string of the molecule is CC(C)(C)[C@@H](c1ccc(F)c(F)c1)N1CCNCC1.Cl. The summed E-state index contributed by atoms with van der Waals surface area (Å²) < 4.78 is 26.6. The molecule has 1 atom stereocenters. The van der Waals surface area contributed by atoms with Crippen LogP contribution in [0.25, 0.3) is 0 Å². The monoisotopic (exact) mass is 304 g/mol. The van der Waals surface area contributed by atoms with Gasteiger partial charge in [-0.3, -0.25) is 4.90 Å². The van der Waals surface area contributed by atoms with Crippen LogP contribution in [0.1, 0.15) is 32.4 Å². The second-order valence-corrected chi connectivity index (χ2v) is 6.23. The van der Waals surface area contributed by atoms with Crippen molar-refractivity contribution in [1.29, 1.82) is 0 Å². The van der Waals surface area contributed by atoms with Gasteiger partial charge in [-0.15, -0.1) is 12.4 Å². The molecule has 1 saturated heterocycles. The minimum absolute atomic E-state index is 0. The molecule has 1 heterocycles. The zero-order valence-corrected chi connectivity index (χ0v) is 13.1. The van der Waals surface area contributed by atoms with Crippen LogP contribution in [-0.2, 0) is 0 Å². The Balaban J connectivity index is 0.00000200. The summed E-state index contributed by atoms with van der Waals surface area (Å²) in [7, 11) is 0. The summed E-state index contributed by atoms with van der Waals surface area (Å²) in [6, 6.07) is 4.37. The maximum atomic E-state index is 13.5. The Bertz CT molecular complexity index is 440. The first-order chi connectivity index (χ1) is 8.89. The predicted molar refractivity (Wildman–Crippen MR) is 80.2 cm³/mol. The van der Waals surface area contributed by atoms with Crippen LogP contribution in [0, 0.1) is 17.0 Å². The van der Waals surface area contributed by atoms with E-state index in [2.05, 4.69) is 31.0 Å². The van der Waals surface area contributed by atoms with Crippen molar-refractivity contribution in [3.63, 3.8) is 0 Å². The van der Waals surface area contributed by atoms with Gasteiger partial charge in [0.15, 0.2) is 11.6 Å². The van der Waals surface area contributed by atoms with Gasteiger partial charge in [0.2, 0.25) is 0 Å². The second kappa shape index (κ2) is 6.83. The molecule has 1 fully saturated rings. The lowest BCUT2D eigenvalue weighted by Gasteiger charge is -2.42. The van der Waals surface area contributed by atoms with E-state index in [9.17, 15) is 8.78 Å². The van der Waals surface area contributed by atoms with Gasteiger partial charge >= 0.3 is 0 Å². The molecule has 2 rings (SSSR count). The number of nitrogens with one attached hydrogen (secondary N) is 1. The van der Waals surface area contributed by atoms with Crippen LogP contribution in [0.3, 0.4) is 0 Å². The zero-order valence-electron chi connectivity index (χ0n) is 12.2. The lowest BCUT2D eigenvalue weighted by molar-refractivity contribution is 0.0859. The molecule has 0 unspecified atom stereocenters. The van der Waals surface area contributed by atoms with Gasteiger partial charge < -0.3 is 5.32 Å². The maximum Gasteiger partial charge on any atom is 0.159 e. The third-order valence-corrected chi connectivity index (χ3v) is 3.60. The van der Waals surface area contributed by atoms with Crippen LogP contribution >= 0.6 is 12.4 Å². The fraction of sp³-hybridized carbons (Fsp3) is 0.600. The third-order valence-electron chi connectivity index (χ3n) is 3.60. The minimum atomic E-state index is -0.781. The van der Waals surface area contributed by atoms with Crippen molar-refractivity contribution in [3.8, 4) is 0 Å². The number of piperazine rings is 1. The molecule has 114 valence electrons. The molecule has 0 saturated carbocycles. The van der Waals surface area contributed by atoms with Gasteiger partial charge in [-0.1, -0.05) is 26.8 Å². The number of hydrogen-bond donors (Lipinski definition) is 1. The molecular formula is C15H23ClF2N2. The summed E-state index contributed by atoms with van der Waals surface area (Å²) in [6.45, 7) is 10.2. The van der Waals surface area contributed by atoms with Crippen molar-refractivity contribution < 1.29 is 8.78 Å². The summed E-state index contributed by atoms with van der Waals surface area (Å²) in [5, 5.41) is 3.32. The molecule has 1 aromatic carbocycles. The minimum Gasteiger partial charge on any atom is -0.314 e. The molecule has 1 aliphatic heterocycles. The topological polar surface area (TPSA) is 15.3 Å². The number of rotatable bonds is 2. The van der Waals surface area contributed by atoms with Crippen molar-refractivity contribution >= 4 is 12.4 Å². The van der Waals surface area contributed by atoms with E-state index in [1.807, 2.05) is 0 Å². The average Bonchev–Trinajstić information content (AvgIpc) is 2.34. The van der Waals surface area contributed by atoms with E-state index in [4.69, 9.17) is 0 Å². The fourth-order valence-electron chi connectivity index (χ4n) is 2.88. The van der Waals surface area contributed by atoms with Crippen molar-refractivity contribution in [3.05, 3.63) is 35.4 Å². The summed E-state index contributed by atoms with van der Waals surface area (Å²) in [5.74, 6) is -1.54. The highest BCUT2D eigenvalue weighted by atomic mass is 35.5. The van der Waals surface area contributed by atoms with E-state index in [1.165, 1.54) is 12.1 Å². The van der Waals surface area contributed by atoms with Crippen LogP contribution in [0.4, 0.5) is 8.78 Å². The smallest absolute Gasteiger partial charge is 0.159 e. The maximum absolute atomic E-state index is 13.5. The first kappa shape index (κ1) is 17.3. The predicted octanol–water partition coefficient (Wildman–Crippen LogP) is 3.38. The van der Waals surface area contributed by atoms with E-state index >= 15 is 0 Å². The van der Waals surface area contributed by atoms with E-state index in [1.54, 1.807) is 6.07 Å². The van der Waals surface area contributed by atoms with Crippen molar-refractivity contribution in [2.45, 2.75) is 26.8 Å². The highest BCUT2D eigenvalue weighted by molar-refractivity contribution is 5.85. The quantitative estimate of drug-likeness (QED) is 0.901. The van der Waals surface area contributed by atoms with Gasteiger partial charge in [0.1, 0.15) is 0 Å². The second-order valence-electron chi connectivity index (χ2n) is 6.23. The van der Waals surface area contributed by atoms with Crippen molar-refractivity contribution in [2.24, 2.45) is 5.41 Å². The van der Waals surface area contributed by atoms with E-state index in [0.717, 1.165) is 31.7 Å². The Kier molecular flexibility index (Phi) is 5.92. The molecule has 0 aromatic heterocycles. The third kappa shape index (κ3) is 3.90. The Morgan fingerprint density at radius 1 is 1.10 bits per heavy atom. The molecule has 1 aliphatic rings. The van der Waals surface area contributed by atoms with E-state index < -0.39 is 11.6 Å². The molecule has 0 bridgehead atoms. The van der Waals surface area contributed by atoms with E-state index in [0.29, 0.717) is 0 Å². The van der Waals surface area contributed by atoms with Gasteiger partial charge in [-0.2, -0.15) is 0 Å². The van der Waals surface area contributed by atoms with Crippen LogP contribution in [0.15, 0.2) is 18.2 Å². The summed E-state index contributed by atoms with van der Waals surface area (Å²) >= 11 is 0. The average molecular weight is 305 g/mol. The summed E-state index contributed by atoms with van der Waals surface area (Å²) in [5.41, 5.74) is 0.829. The lowest BCUT2D eigenvalue weighted by Crippen LogP contribution is -2.48. The van der Waals surface area contributed by atoms with Gasteiger partial charge in [-0.25, -0.2) is 8.78 Å². The Morgan fingerprint density at radius 2 is 1.70 bits per heavy atom. The highest BCUT2D eigenvalue weighted by Crippen LogP contribution is 2.38. The first-order valence-electron chi connectivity index (χ1n) is 6.79. The van der Waals surface area contributed by atoms with Crippen molar-refractivity contribution in [2.75, 3.05) is 26.2 Å². The fourth-order valence-corrected chi connectivity index (χ4v) is 2.88. The Hall–Kier alpha value is -0.710. The molecule has 0 aliphatic carbocycles. The molecule has 0 radical (unpaired) electrons. The molecule has 0 amide bonds. The number of benzene rings is 1. The van der Waals surface area contributed by atoms with Gasteiger partial charge in [0.25, 0.3) is 0 Å².